The van der Waals surface area contributed by atoms with Crippen molar-refractivity contribution in [2.75, 3.05) is 13.2 Å². The molecule has 0 fully saturated rings. The molecule has 1 aromatic carbocycles. The van der Waals surface area contributed by atoms with Gasteiger partial charge < -0.3 is 9.47 Å². The Hall–Kier alpha value is -3.16. The summed E-state index contributed by atoms with van der Waals surface area (Å²) in [5.74, 6) is -1.47. The SMILES string of the molecule is CCOC(=O)NC(=O)COC(=O)c1cnn(-c2ccccc2)c1C. The van der Waals surface area contributed by atoms with Crippen molar-refractivity contribution >= 4 is 18.0 Å². The molecule has 126 valence electrons. The summed E-state index contributed by atoms with van der Waals surface area (Å²) in [6, 6.07) is 9.28. The molecule has 0 atom stereocenters. The Bertz CT molecular complexity index is 739. The molecule has 24 heavy (non-hydrogen) atoms. The normalized spacial score (nSPS) is 10.1. The van der Waals surface area contributed by atoms with Gasteiger partial charge in [0.2, 0.25) is 0 Å². The predicted octanol–water partition coefficient (Wildman–Crippen LogP) is 1.61. The number of amides is 2. The van der Waals surface area contributed by atoms with Crippen molar-refractivity contribution in [3.63, 3.8) is 0 Å². The molecule has 0 unspecified atom stereocenters. The van der Waals surface area contributed by atoms with Crippen molar-refractivity contribution in [3.8, 4) is 5.69 Å². The van der Waals surface area contributed by atoms with E-state index in [2.05, 4.69) is 9.84 Å². The van der Waals surface area contributed by atoms with Gasteiger partial charge in [0, 0.05) is 0 Å². The van der Waals surface area contributed by atoms with Crippen LogP contribution < -0.4 is 5.32 Å². The number of rotatable bonds is 5. The number of hydrogen-bond acceptors (Lipinski definition) is 6. The molecule has 0 bridgehead atoms. The average molecular weight is 331 g/mol. The number of nitrogens with zero attached hydrogens (tertiary/aromatic N) is 2. The highest BCUT2D eigenvalue weighted by Gasteiger charge is 2.18. The van der Waals surface area contributed by atoms with Gasteiger partial charge in [-0.3, -0.25) is 10.1 Å². The molecule has 1 aromatic heterocycles. The van der Waals surface area contributed by atoms with Gasteiger partial charge in [-0.15, -0.1) is 0 Å². The monoisotopic (exact) mass is 331 g/mol. The molecule has 0 aliphatic carbocycles. The first-order valence-electron chi connectivity index (χ1n) is 7.26. The van der Waals surface area contributed by atoms with E-state index >= 15 is 0 Å². The van der Waals surface area contributed by atoms with Crippen LogP contribution >= 0.6 is 0 Å². The van der Waals surface area contributed by atoms with Gasteiger partial charge in [-0.25, -0.2) is 14.3 Å². The third kappa shape index (κ3) is 4.19. The van der Waals surface area contributed by atoms with Gasteiger partial charge in [0.05, 0.1) is 24.2 Å². The lowest BCUT2D eigenvalue weighted by Gasteiger charge is -2.06. The van der Waals surface area contributed by atoms with E-state index in [-0.39, 0.29) is 12.2 Å². The van der Waals surface area contributed by atoms with E-state index in [9.17, 15) is 14.4 Å². The van der Waals surface area contributed by atoms with Crippen molar-refractivity contribution in [1.29, 1.82) is 0 Å². The fraction of sp³-hybridized carbons (Fsp3) is 0.250. The fourth-order valence-corrected chi connectivity index (χ4v) is 1.97. The third-order valence-corrected chi connectivity index (χ3v) is 3.08. The molecule has 2 rings (SSSR count). The number of aromatic nitrogens is 2. The predicted molar refractivity (Wildman–Crippen MR) is 83.7 cm³/mol. The molecule has 0 radical (unpaired) electrons. The largest absolute Gasteiger partial charge is 0.452 e. The van der Waals surface area contributed by atoms with Gasteiger partial charge >= 0.3 is 12.1 Å². The highest BCUT2D eigenvalue weighted by atomic mass is 16.6. The number of esters is 1. The van der Waals surface area contributed by atoms with E-state index in [0.29, 0.717) is 5.69 Å². The minimum Gasteiger partial charge on any atom is -0.452 e. The molecule has 8 heteroatoms. The van der Waals surface area contributed by atoms with Crippen LogP contribution in [0.2, 0.25) is 0 Å². The molecule has 0 aliphatic rings. The minimum atomic E-state index is -0.883. The molecular formula is C16H17N3O5. The number of carbonyl (C=O) groups is 3. The lowest BCUT2D eigenvalue weighted by molar-refractivity contribution is -0.123. The molecule has 0 spiro atoms. The molecule has 2 aromatic rings. The number of imide groups is 1. The first kappa shape index (κ1) is 17.2. The zero-order valence-electron chi connectivity index (χ0n) is 13.3. The number of carbonyl (C=O) groups excluding carboxylic acids is 3. The van der Waals surface area contributed by atoms with Gasteiger partial charge in [0.15, 0.2) is 6.61 Å². The molecule has 0 saturated heterocycles. The number of benzene rings is 1. The van der Waals surface area contributed by atoms with E-state index in [1.165, 1.54) is 6.20 Å². The Kier molecular flexibility index (Phi) is 5.67. The molecule has 8 nitrogen and oxygen atoms in total. The summed E-state index contributed by atoms with van der Waals surface area (Å²) in [5, 5.41) is 6.08. The van der Waals surface area contributed by atoms with E-state index in [4.69, 9.17) is 4.74 Å². The highest BCUT2D eigenvalue weighted by Crippen LogP contribution is 2.14. The third-order valence-electron chi connectivity index (χ3n) is 3.08. The second-order valence-electron chi connectivity index (χ2n) is 4.74. The maximum atomic E-state index is 12.1. The van der Waals surface area contributed by atoms with Crippen LogP contribution in [0.5, 0.6) is 0 Å². The highest BCUT2D eigenvalue weighted by molar-refractivity contribution is 5.95. The lowest BCUT2D eigenvalue weighted by Crippen LogP contribution is -2.34. The van der Waals surface area contributed by atoms with Crippen LogP contribution in [-0.4, -0.2) is 41.0 Å². The van der Waals surface area contributed by atoms with Crippen LogP contribution in [0.1, 0.15) is 23.0 Å². The van der Waals surface area contributed by atoms with Gasteiger partial charge in [-0.2, -0.15) is 5.10 Å². The number of hydrogen-bond donors (Lipinski definition) is 1. The number of ether oxygens (including phenoxy) is 2. The first-order chi connectivity index (χ1) is 11.5. The summed E-state index contributed by atoms with van der Waals surface area (Å²) in [7, 11) is 0. The second kappa shape index (κ2) is 7.91. The molecular weight excluding hydrogens is 314 g/mol. The maximum Gasteiger partial charge on any atom is 0.413 e. The van der Waals surface area contributed by atoms with E-state index in [1.54, 1.807) is 18.5 Å². The smallest absolute Gasteiger partial charge is 0.413 e. The Morgan fingerprint density at radius 1 is 1.17 bits per heavy atom. The molecule has 0 saturated carbocycles. The Morgan fingerprint density at radius 3 is 2.54 bits per heavy atom. The van der Waals surface area contributed by atoms with Gasteiger partial charge in [0.1, 0.15) is 5.56 Å². The number of para-hydroxylation sites is 1. The molecule has 1 N–H and O–H groups in total. The average Bonchev–Trinajstić information content (AvgIpc) is 2.95. The number of alkyl carbamates (subject to hydrolysis) is 1. The standard InChI is InChI=1S/C16H17N3O5/c1-3-23-16(22)18-14(20)10-24-15(21)13-9-17-19(11(13)2)12-7-5-4-6-8-12/h4-9H,3,10H2,1-2H3,(H,18,20,22). The number of nitrogens with one attached hydrogen (secondary N) is 1. The van der Waals surface area contributed by atoms with Gasteiger partial charge in [0.25, 0.3) is 5.91 Å². The maximum absolute atomic E-state index is 12.1. The Morgan fingerprint density at radius 2 is 1.88 bits per heavy atom. The second-order valence-corrected chi connectivity index (χ2v) is 4.74. The van der Waals surface area contributed by atoms with Crippen LogP contribution in [-0.2, 0) is 14.3 Å². The zero-order chi connectivity index (χ0) is 17.5. The van der Waals surface area contributed by atoms with Crippen LogP contribution in [0.4, 0.5) is 4.79 Å². The topological polar surface area (TPSA) is 99.5 Å². The minimum absolute atomic E-state index is 0.136. The van der Waals surface area contributed by atoms with E-state index in [1.807, 2.05) is 35.6 Å². The van der Waals surface area contributed by atoms with Gasteiger partial charge in [-0.1, -0.05) is 18.2 Å². The van der Waals surface area contributed by atoms with Crippen molar-refractivity contribution in [1.82, 2.24) is 15.1 Å². The van der Waals surface area contributed by atoms with Crippen LogP contribution in [0.3, 0.4) is 0 Å². The van der Waals surface area contributed by atoms with Crippen molar-refractivity contribution in [2.45, 2.75) is 13.8 Å². The molecule has 1 heterocycles. The van der Waals surface area contributed by atoms with Crippen LogP contribution in [0.15, 0.2) is 36.5 Å². The summed E-state index contributed by atoms with van der Waals surface area (Å²) >= 11 is 0. The van der Waals surface area contributed by atoms with Crippen molar-refractivity contribution in [2.24, 2.45) is 0 Å². The first-order valence-corrected chi connectivity index (χ1v) is 7.26. The van der Waals surface area contributed by atoms with Crippen molar-refractivity contribution < 1.29 is 23.9 Å². The lowest BCUT2D eigenvalue weighted by atomic mass is 10.2. The summed E-state index contributed by atoms with van der Waals surface area (Å²) < 4.78 is 11.0. The summed E-state index contributed by atoms with van der Waals surface area (Å²) in [6.07, 6.45) is 0.486. The van der Waals surface area contributed by atoms with E-state index in [0.717, 1.165) is 5.69 Å². The van der Waals surface area contributed by atoms with E-state index < -0.39 is 24.6 Å². The van der Waals surface area contributed by atoms with Crippen molar-refractivity contribution in [3.05, 3.63) is 47.8 Å². The Labute approximate surface area is 138 Å². The zero-order valence-corrected chi connectivity index (χ0v) is 13.3. The summed E-state index contributed by atoms with van der Waals surface area (Å²) in [4.78, 5) is 34.6. The van der Waals surface area contributed by atoms with Crippen LogP contribution in [0.25, 0.3) is 5.69 Å². The quantitative estimate of drug-likeness (QED) is 0.836. The van der Waals surface area contributed by atoms with Gasteiger partial charge in [-0.05, 0) is 26.0 Å². The molecule has 0 aliphatic heterocycles. The summed E-state index contributed by atoms with van der Waals surface area (Å²) in [6.45, 7) is 2.87. The molecule has 2 amide bonds. The van der Waals surface area contributed by atoms with Crippen LogP contribution in [0, 0.1) is 6.92 Å². The fourth-order valence-electron chi connectivity index (χ4n) is 1.97. The summed E-state index contributed by atoms with van der Waals surface area (Å²) in [5.41, 5.74) is 1.62. The Balaban J connectivity index is 1.97.